The zero-order chi connectivity index (χ0) is 21.4. The summed E-state index contributed by atoms with van der Waals surface area (Å²) in [5, 5.41) is 6.62. The lowest BCUT2D eigenvalue weighted by molar-refractivity contribution is 0.353. The average Bonchev–Trinajstić information content (AvgIpc) is 2.73. The van der Waals surface area contributed by atoms with Gasteiger partial charge < -0.3 is 25.6 Å². The Morgan fingerprint density at radius 3 is 2.20 bits per heavy atom. The quantitative estimate of drug-likeness (QED) is 0.542. The predicted octanol–water partition coefficient (Wildman–Crippen LogP) is 5.60. The Balaban J connectivity index is 0. The molecule has 0 fully saturated rings. The predicted molar refractivity (Wildman–Crippen MR) is 128 cm³/mol. The summed E-state index contributed by atoms with van der Waals surface area (Å²) in [7, 11) is 3.25. The van der Waals surface area contributed by atoms with Crippen molar-refractivity contribution in [2.24, 2.45) is 0 Å². The molecule has 0 bridgehead atoms. The van der Waals surface area contributed by atoms with Gasteiger partial charge in [0, 0.05) is 32.1 Å². The molecule has 0 amide bonds. The number of methoxy groups -OCH3 is 2. The second-order valence-electron chi connectivity index (χ2n) is 6.32. The largest absolute Gasteiger partial charge is 0.493 e. The summed E-state index contributed by atoms with van der Waals surface area (Å²) in [6, 6.07) is 11.9. The van der Waals surface area contributed by atoms with E-state index in [-0.39, 0.29) is 8.33 Å². The van der Waals surface area contributed by atoms with Crippen LogP contribution in [0.5, 0.6) is 11.5 Å². The van der Waals surface area contributed by atoms with Crippen molar-refractivity contribution in [3.8, 4) is 11.5 Å². The number of aromatic nitrogens is 2. The number of ether oxygens (including phenoxy) is 2. The Bertz CT molecular complexity index is 972. The van der Waals surface area contributed by atoms with Gasteiger partial charge in [0.2, 0.25) is 5.95 Å². The summed E-state index contributed by atoms with van der Waals surface area (Å²) < 4.78 is 10.8. The first-order chi connectivity index (χ1) is 14.0. The summed E-state index contributed by atoms with van der Waals surface area (Å²) in [5.41, 5.74) is 4.93. The molecule has 0 unspecified atom stereocenters. The Morgan fingerprint density at radius 2 is 1.57 bits per heavy atom. The van der Waals surface area contributed by atoms with Gasteiger partial charge in [0.05, 0.1) is 14.2 Å². The maximum absolute atomic E-state index is 5.41. The Hall–Kier alpha value is -3.32. The van der Waals surface area contributed by atoms with E-state index in [9.17, 15) is 0 Å². The first-order valence-electron chi connectivity index (χ1n) is 9.67. The van der Waals surface area contributed by atoms with Crippen LogP contribution in [0.15, 0.2) is 42.6 Å². The summed E-state index contributed by atoms with van der Waals surface area (Å²) in [5.74, 6) is 2.64. The minimum absolute atomic E-state index is 0. The van der Waals surface area contributed by atoms with Gasteiger partial charge in [-0.05, 0) is 44.0 Å². The molecule has 30 heavy (non-hydrogen) atoms. The monoisotopic (exact) mass is 416 g/mol. The Morgan fingerprint density at radius 1 is 0.867 bits per heavy atom. The fourth-order valence-electron chi connectivity index (χ4n) is 2.83. The molecule has 166 valence electrons. The molecule has 7 heteroatoms. The molecule has 0 aliphatic rings. The first-order valence-corrected chi connectivity index (χ1v) is 9.67. The smallest absolute Gasteiger partial charge is 0.229 e. The van der Waals surface area contributed by atoms with Crippen LogP contribution in [0.4, 0.5) is 23.1 Å². The molecule has 0 spiro atoms. The van der Waals surface area contributed by atoms with E-state index in [1.54, 1.807) is 20.4 Å². The normalized spacial score (nSPS) is 9.57. The van der Waals surface area contributed by atoms with Gasteiger partial charge in [-0.3, -0.25) is 0 Å². The van der Waals surface area contributed by atoms with Crippen molar-refractivity contribution < 1.29 is 17.8 Å². The van der Waals surface area contributed by atoms with Crippen molar-refractivity contribution in [1.29, 1.82) is 0 Å². The molecule has 0 aliphatic carbocycles. The molecule has 0 atom stereocenters. The molecular weight excluding hydrogens is 380 g/mol. The lowest BCUT2D eigenvalue weighted by Crippen LogP contribution is -2.04. The van der Waals surface area contributed by atoms with Crippen molar-refractivity contribution in [3.63, 3.8) is 0 Å². The van der Waals surface area contributed by atoms with E-state index in [1.807, 2.05) is 58.0 Å². The van der Waals surface area contributed by atoms with E-state index in [4.69, 9.17) is 9.47 Å². The summed E-state index contributed by atoms with van der Waals surface area (Å²) >= 11 is 0. The van der Waals surface area contributed by atoms with Crippen LogP contribution in [0, 0.1) is 20.8 Å². The fraction of sp³-hybridized carbons (Fsp3) is 0.304. The van der Waals surface area contributed by atoms with Gasteiger partial charge in [-0.25, -0.2) is 4.98 Å². The molecule has 0 aliphatic heterocycles. The van der Waals surface area contributed by atoms with Crippen LogP contribution in [0.2, 0.25) is 0 Å². The van der Waals surface area contributed by atoms with Crippen LogP contribution in [0.25, 0.3) is 0 Å². The van der Waals surface area contributed by atoms with E-state index < -0.39 is 0 Å². The molecule has 1 heterocycles. The Kier molecular flexibility index (Phi) is 9.58. The third kappa shape index (κ3) is 5.84. The highest BCUT2D eigenvalue weighted by Gasteiger charge is 2.11. The van der Waals surface area contributed by atoms with Gasteiger partial charge in [0.1, 0.15) is 5.82 Å². The van der Waals surface area contributed by atoms with Crippen LogP contribution >= 0.6 is 0 Å². The number of benzene rings is 2. The highest BCUT2D eigenvalue weighted by atomic mass is 16.5. The van der Waals surface area contributed by atoms with Crippen LogP contribution in [-0.4, -0.2) is 29.7 Å². The van der Waals surface area contributed by atoms with Crippen molar-refractivity contribution in [3.05, 3.63) is 59.3 Å². The molecule has 1 aromatic heterocycles. The lowest BCUT2D eigenvalue weighted by Gasteiger charge is -2.15. The fourth-order valence-corrected chi connectivity index (χ4v) is 2.83. The number of hydrogen-bond acceptors (Lipinski definition) is 6. The third-order valence-corrected chi connectivity index (χ3v) is 4.29. The molecule has 3 aromatic rings. The molecule has 3 rings (SSSR count). The van der Waals surface area contributed by atoms with Crippen molar-refractivity contribution in [2.45, 2.75) is 34.6 Å². The van der Waals surface area contributed by atoms with Crippen LogP contribution in [0.3, 0.4) is 0 Å². The van der Waals surface area contributed by atoms with E-state index >= 15 is 0 Å². The van der Waals surface area contributed by atoms with Crippen LogP contribution < -0.4 is 20.1 Å². The average molecular weight is 417 g/mol. The summed E-state index contributed by atoms with van der Waals surface area (Å²) in [4.78, 5) is 9.02. The zero-order valence-electron chi connectivity index (χ0n) is 18.8. The van der Waals surface area contributed by atoms with Crippen molar-refractivity contribution in [2.75, 3.05) is 24.9 Å². The molecule has 0 saturated heterocycles. The van der Waals surface area contributed by atoms with Gasteiger partial charge >= 0.3 is 0 Å². The number of hydrogen-bond donors (Lipinski definition) is 2. The molecule has 0 radical (unpaired) electrons. The van der Waals surface area contributed by atoms with Gasteiger partial charge in [-0.1, -0.05) is 32.0 Å². The third-order valence-electron chi connectivity index (χ3n) is 4.29. The lowest BCUT2D eigenvalue weighted by atomic mass is 10.2. The zero-order valence-corrected chi connectivity index (χ0v) is 18.8. The topological polar surface area (TPSA) is 99.8 Å². The molecule has 7 nitrogen and oxygen atoms in total. The van der Waals surface area contributed by atoms with Crippen LogP contribution in [-0.2, 0) is 0 Å². The molecule has 0 saturated carbocycles. The van der Waals surface area contributed by atoms with Gasteiger partial charge in [-0.2, -0.15) is 4.98 Å². The minimum atomic E-state index is 0. The summed E-state index contributed by atoms with van der Waals surface area (Å²) in [6.45, 7) is 10.0. The first kappa shape index (κ1) is 24.7. The van der Waals surface area contributed by atoms with Gasteiger partial charge in [0.15, 0.2) is 11.5 Å². The number of aryl methyl sites for hydroxylation is 3. The molecule has 2 aromatic carbocycles. The minimum Gasteiger partial charge on any atom is -0.493 e. The van der Waals surface area contributed by atoms with Crippen molar-refractivity contribution >= 4 is 23.1 Å². The Labute approximate surface area is 181 Å². The SMILES string of the molecule is CC.COc1cc(Nc2ncc(C)c(Nc3ccccc3C)n2)cc(C)c1OC.O.[HH].[HH]. The maximum atomic E-state index is 5.41. The van der Waals surface area contributed by atoms with Crippen molar-refractivity contribution in [1.82, 2.24) is 9.97 Å². The van der Waals surface area contributed by atoms with E-state index in [1.165, 1.54) is 0 Å². The number of rotatable bonds is 6. The summed E-state index contributed by atoms with van der Waals surface area (Å²) in [6.07, 6.45) is 1.80. The molecule has 4 N–H and O–H groups in total. The van der Waals surface area contributed by atoms with Gasteiger partial charge in [-0.15, -0.1) is 0 Å². The number of para-hydroxylation sites is 1. The van der Waals surface area contributed by atoms with Crippen LogP contribution in [0.1, 0.15) is 33.4 Å². The van der Waals surface area contributed by atoms with Gasteiger partial charge in [0.25, 0.3) is 0 Å². The highest BCUT2D eigenvalue weighted by molar-refractivity contribution is 5.66. The standard InChI is InChI=1S/C21H24N4O2.C2H6.H2O.2H2/c1-13-8-6-7-9-17(13)24-20-15(3)12-22-21(25-20)23-16-10-14(2)19(27-5)18(11-16)26-4;1-2;;;/h6-12H,1-5H3,(H2,22,23,24,25);1-2H3;1H2;2*1H. The highest BCUT2D eigenvalue weighted by Crippen LogP contribution is 2.34. The second-order valence-corrected chi connectivity index (χ2v) is 6.32. The maximum Gasteiger partial charge on any atom is 0.229 e. The number of nitrogens with one attached hydrogen (secondary N) is 2. The van der Waals surface area contributed by atoms with E-state index in [2.05, 4.69) is 33.6 Å². The molecular formula is C23H36N4O3. The van der Waals surface area contributed by atoms with E-state index in [0.717, 1.165) is 39.6 Å². The number of nitrogens with zero attached hydrogens (tertiary/aromatic N) is 2. The van der Waals surface area contributed by atoms with E-state index in [0.29, 0.717) is 11.7 Å². The second kappa shape index (κ2) is 11.6. The number of anilines is 4.